The van der Waals surface area contributed by atoms with Gasteiger partial charge < -0.3 is 10.5 Å². The normalized spacial score (nSPS) is 11.2. The fraction of sp³-hybridized carbons (Fsp3) is 0.0714. The maximum absolute atomic E-state index is 13.2. The number of rotatable bonds is 3. The maximum Gasteiger partial charge on any atom is 0.419 e. The molecule has 0 amide bonds. The van der Waals surface area contributed by atoms with E-state index in [-0.39, 0.29) is 16.5 Å². The van der Waals surface area contributed by atoms with E-state index < -0.39 is 17.6 Å². The summed E-state index contributed by atoms with van der Waals surface area (Å²) in [5.41, 5.74) is 4.49. The number of nitrogens with two attached hydrogens (primary N) is 1. The minimum absolute atomic E-state index is 0.0451. The molecule has 0 heterocycles. The third kappa shape index (κ3) is 3.49. The molecule has 0 saturated heterocycles. The topological polar surface area (TPSA) is 35.2 Å². The first-order chi connectivity index (χ1) is 9.79. The van der Waals surface area contributed by atoms with Crippen molar-refractivity contribution >= 4 is 17.2 Å². The number of ether oxygens (including phenoxy) is 1. The Morgan fingerprint density at radius 3 is 2.38 bits per heavy atom. The monoisotopic (exact) mass is 315 g/mol. The molecule has 0 aromatic heterocycles. The van der Waals surface area contributed by atoms with E-state index in [0.29, 0.717) is 17.7 Å². The van der Waals surface area contributed by atoms with E-state index >= 15 is 0 Å². The fourth-order valence-corrected chi connectivity index (χ4v) is 1.84. The lowest BCUT2D eigenvalue weighted by molar-refractivity contribution is -0.140. The molecule has 110 valence electrons. The highest BCUT2D eigenvalue weighted by Crippen LogP contribution is 2.35. The Balaban J connectivity index is 2.40. The first kappa shape index (κ1) is 15.2. The Morgan fingerprint density at radius 2 is 1.76 bits per heavy atom. The van der Waals surface area contributed by atoms with Crippen molar-refractivity contribution in [2.75, 3.05) is 0 Å². The predicted octanol–water partition coefficient (Wildman–Crippen LogP) is 4.27. The summed E-state index contributed by atoms with van der Waals surface area (Å²) in [4.78, 5) is 0.0451. The highest BCUT2D eigenvalue weighted by molar-refractivity contribution is 7.80. The fourth-order valence-electron chi connectivity index (χ4n) is 1.67. The number of thiocarbonyl (C=S) groups is 1. The van der Waals surface area contributed by atoms with Crippen molar-refractivity contribution in [2.24, 2.45) is 5.73 Å². The maximum atomic E-state index is 13.2. The molecule has 2 aromatic carbocycles. The van der Waals surface area contributed by atoms with Crippen LogP contribution in [0.4, 0.5) is 17.6 Å². The van der Waals surface area contributed by atoms with Crippen LogP contribution in [0, 0.1) is 5.82 Å². The lowest BCUT2D eigenvalue weighted by Crippen LogP contribution is -2.11. The van der Waals surface area contributed by atoms with Gasteiger partial charge in [0.15, 0.2) is 0 Å². The molecule has 2 N–H and O–H groups in total. The summed E-state index contributed by atoms with van der Waals surface area (Å²) in [5.74, 6) is -1.32. The van der Waals surface area contributed by atoms with Crippen LogP contribution in [0.1, 0.15) is 11.1 Å². The third-order valence-corrected chi connectivity index (χ3v) is 2.84. The van der Waals surface area contributed by atoms with Crippen LogP contribution in [0.15, 0.2) is 42.5 Å². The predicted molar refractivity (Wildman–Crippen MR) is 73.8 cm³/mol. The second kappa shape index (κ2) is 5.69. The van der Waals surface area contributed by atoms with Gasteiger partial charge in [-0.1, -0.05) is 24.4 Å². The summed E-state index contributed by atoms with van der Waals surface area (Å²) in [5, 5.41) is 0. The van der Waals surface area contributed by atoms with E-state index in [4.69, 9.17) is 22.7 Å². The molecule has 0 unspecified atom stereocenters. The lowest BCUT2D eigenvalue weighted by atomic mass is 10.2. The van der Waals surface area contributed by atoms with Gasteiger partial charge in [-0.25, -0.2) is 4.39 Å². The highest BCUT2D eigenvalue weighted by Gasteiger charge is 2.34. The molecule has 2 aromatic rings. The summed E-state index contributed by atoms with van der Waals surface area (Å²) < 4.78 is 56.4. The van der Waals surface area contributed by atoms with Crippen LogP contribution in [-0.4, -0.2) is 4.99 Å². The van der Waals surface area contributed by atoms with E-state index in [2.05, 4.69) is 0 Å². The van der Waals surface area contributed by atoms with Gasteiger partial charge >= 0.3 is 6.18 Å². The number of alkyl halides is 3. The van der Waals surface area contributed by atoms with Crippen molar-refractivity contribution in [2.45, 2.75) is 6.18 Å². The molecule has 0 aliphatic rings. The van der Waals surface area contributed by atoms with Gasteiger partial charge in [0.05, 0.1) is 11.1 Å². The van der Waals surface area contributed by atoms with Crippen LogP contribution in [0.5, 0.6) is 11.5 Å². The summed E-state index contributed by atoms with van der Waals surface area (Å²) in [6, 6.07) is 8.74. The number of para-hydroxylation sites is 1. The second-order valence-corrected chi connectivity index (χ2v) is 4.54. The molecule has 2 nitrogen and oxygen atoms in total. The van der Waals surface area contributed by atoms with Gasteiger partial charge in [0.2, 0.25) is 0 Å². The Kier molecular flexibility index (Phi) is 4.13. The zero-order valence-corrected chi connectivity index (χ0v) is 11.3. The van der Waals surface area contributed by atoms with E-state index in [1.807, 2.05) is 0 Å². The number of hydrogen-bond donors (Lipinski definition) is 1. The zero-order valence-electron chi connectivity index (χ0n) is 10.4. The average Bonchev–Trinajstić information content (AvgIpc) is 2.40. The van der Waals surface area contributed by atoms with Gasteiger partial charge in [0.25, 0.3) is 0 Å². The number of benzene rings is 2. The quantitative estimate of drug-likeness (QED) is 0.678. The Morgan fingerprint density at radius 1 is 1.10 bits per heavy atom. The van der Waals surface area contributed by atoms with E-state index in [1.165, 1.54) is 6.07 Å². The van der Waals surface area contributed by atoms with Gasteiger partial charge in [-0.2, -0.15) is 13.2 Å². The van der Waals surface area contributed by atoms with Gasteiger partial charge in [0.1, 0.15) is 22.3 Å². The first-order valence-corrected chi connectivity index (χ1v) is 6.13. The molecule has 0 spiro atoms. The van der Waals surface area contributed by atoms with Gasteiger partial charge in [-0.15, -0.1) is 0 Å². The second-order valence-electron chi connectivity index (χ2n) is 4.10. The van der Waals surface area contributed by atoms with Gasteiger partial charge in [0, 0.05) is 0 Å². The molecule has 0 fully saturated rings. The molecule has 0 aliphatic heterocycles. The first-order valence-electron chi connectivity index (χ1n) is 5.72. The minimum Gasteiger partial charge on any atom is -0.457 e. The van der Waals surface area contributed by atoms with Crippen LogP contribution in [0.3, 0.4) is 0 Å². The van der Waals surface area contributed by atoms with Gasteiger partial charge in [-0.05, 0) is 30.3 Å². The number of halogens is 4. The summed E-state index contributed by atoms with van der Waals surface area (Å²) in [6.45, 7) is 0. The largest absolute Gasteiger partial charge is 0.457 e. The lowest BCUT2D eigenvalue weighted by Gasteiger charge is -2.13. The SMILES string of the molecule is NC(=S)c1ccccc1Oc1ccc(F)c(C(F)(F)F)c1. The molecule has 0 radical (unpaired) electrons. The van der Waals surface area contributed by atoms with Crippen molar-refractivity contribution in [1.82, 2.24) is 0 Å². The van der Waals surface area contributed by atoms with Crippen molar-refractivity contribution in [3.63, 3.8) is 0 Å². The molecule has 2 rings (SSSR count). The minimum atomic E-state index is -4.80. The van der Waals surface area contributed by atoms with Crippen LogP contribution in [0.25, 0.3) is 0 Å². The molecule has 0 aliphatic carbocycles. The molecule has 7 heteroatoms. The van der Waals surface area contributed by atoms with Crippen LogP contribution < -0.4 is 10.5 Å². The molecular weight excluding hydrogens is 306 g/mol. The smallest absolute Gasteiger partial charge is 0.419 e. The Bertz CT molecular complexity index is 685. The Hall–Kier alpha value is -2.15. The van der Waals surface area contributed by atoms with Crippen molar-refractivity contribution < 1.29 is 22.3 Å². The molecular formula is C14H9F4NOS. The highest BCUT2D eigenvalue weighted by atomic mass is 32.1. The van der Waals surface area contributed by atoms with Crippen molar-refractivity contribution in [3.8, 4) is 11.5 Å². The standard InChI is InChI=1S/C14H9F4NOS/c15-11-6-5-8(7-10(11)14(16,17)18)20-12-4-2-1-3-9(12)13(19)21/h1-7H,(H2,19,21). The molecule has 0 bridgehead atoms. The Labute approximate surface area is 123 Å². The molecule has 0 saturated carbocycles. The summed E-state index contributed by atoms with van der Waals surface area (Å²) >= 11 is 4.83. The third-order valence-electron chi connectivity index (χ3n) is 2.62. The number of hydrogen-bond acceptors (Lipinski definition) is 2. The van der Waals surface area contributed by atoms with E-state index in [0.717, 1.165) is 6.07 Å². The van der Waals surface area contributed by atoms with Crippen molar-refractivity contribution in [1.29, 1.82) is 0 Å². The van der Waals surface area contributed by atoms with E-state index in [1.54, 1.807) is 18.2 Å². The summed E-state index contributed by atoms with van der Waals surface area (Å²) in [6.07, 6.45) is -4.80. The van der Waals surface area contributed by atoms with Gasteiger partial charge in [-0.3, -0.25) is 0 Å². The zero-order chi connectivity index (χ0) is 15.6. The van der Waals surface area contributed by atoms with Crippen LogP contribution in [0.2, 0.25) is 0 Å². The summed E-state index contributed by atoms with van der Waals surface area (Å²) in [7, 11) is 0. The van der Waals surface area contributed by atoms with Crippen LogP contribution >= 0.6 is 12.2 Å². The molecule has 0 atom stereocenters. The average molecular weight is 315 g/mol. The molecule has 21 heavy (non-hydrogen) atoms. The van der Waals surface area contributed by atoms with Crippen LogP contribution in [-0.2, 0) is 6.18 Å². The van der Waals surface area contributed by atoms with E-state index in [9.17, 15) is 17.6 Å². The van der Waals surface area contributed by atoms with Crippen molar-refractivity contribution in [3.05, 3.63) is 59.4 Å².